The molecule has 112 valence electrons. The number of aromatic nitrogens is 2. The van der Waals surface area contributed by atoms with Gasteiger partial charge in [0, 0.05) is 18.6 Å². The summed E-state index contributed by atoms with van der Waals surface area (Å²) in [4.78, 5) is 29.5. The van der Waals surface area contributed by atoms with Crippen molar-refractivity contribution in [1.29, 1.82) is 0 Å². The second-order valence-electron chi connectivity index (χ2n) is 5.66. The zero-order chi connectivity index (χ0) is 14.9. The first kappa shape index (κ1) is 15.3. The van der Waals surface area contributed by atoms with Crippen molar-refractivity contribution in [2.24, 2.45) is 0 Å². The fraction of sp³-hybridized carbons (Fsp3) is 0.714. The molecule has 0 saturated carbocycles. The fourth-order valence-corrected chi connectivity index (χ4v) is 3.11. The maximum Gasteiger partial charge on any atom is 0.329 e. The zero-order valence-electron chi connectivity index (χ0n) is 12.3. The van der Waals surface area contributed by atoms with Crippen molar-refractivity contribution in [3.8, 4) is 0 Å². The lowest BCUT2D eigenvalue weighted by Gasteiger charge is -2.35. The summed E-state index contributed by atoms with van der Waals surface area (Å²) in [6.45, 7) is 5.00. The molecule has 0 radical (unpaired) electrons. The van der Waals surface area contributed by atoms with Crippen molar-refractivity contribution in [2.75, 3.05) is 13.6 Å². The molecule has 1 aromatic heterocycles. The highest BCUT2D eigenvalue weighted by Gasteiger charge is 2.27. The van der Waals surface area contributed by atoms with Crippen LogP contribution in [-0.2, 0) is 6.42 Å². The highest BCUT2D eigenvalue weighted by Crippen LogP contribution is 2.24. The summed E-state index contributed by atoms with van der Waals surface area (Å²) in [5.74, 6) is 0. The molecule has 1 aliphatic heterocycles. The minimum absolute atomic E-state index is 0.0367. The number of hydrogen-bond acceptors (Lipinski definition) is 3. The van der Waals surface area contributed by atoms with Crippen LogP contribution in [0.25, 0.3) is 0 Å². The van der Waals surface area contributed by atoms with Crippen LogP contribution in [0.5, 0.6) is 0 Å². The van der Waals surface area contributed by atoms with Gasteiger partial charge in [-0.3, -0.25) is 14.3 Å². The average molecular weight is 300 g/mol. The lowest BCUT2D eigenvalue weighted by atomic mass is 9.98. The summed E-state index contributed by atoms with van der Waals surface area (Å²) in [6.07, 6.45) is 3.05. The smallest absolute Gasteiger partial charge is 0.304 e. The van der Waals surface area contributed by atoms with Crippen LogP contribution in [0.4, 0.5) is 0 Å². The van der Waals surface area contributed by atoms with E-state index in [1.807, 2.05) is 6.92 Å². The van der Waals surface area contributed by atoms with Crippen LogP contribution in [-0.4, -0.2) is 34.1 Å². The minimum Gasteiger partial charge on any atom is -0.304 e. The lowest BCUT2D eigenvalue weighted by molar-refractivity contribution is 0.152. The molecular weight excluding hydrogens is 278 g/mol. The number of piperidine rings is 1. The Morgan fingerprint density at radius 3 is 2.70 bits per heavy atom. The maximum absolute atomic E-state index is 12.5. The van der Waals surface area contributed by atoms with Crippen LogP contribution < -0.4 is 11.2 Å². The van der Waals surface area contributed by atoms with E-state index in [-0.39, 0.29) is 22.4 Å². The Hall–Kier alpha value is -1.07. The Morgan fingerprint density at radius 1 is 1.40 bits per heavy atom. The minimum atomic E-state index is -0.387. The molecule has 0 spiro atoms. The third-order valence-electron chi connectivity index (χ3n) is 4.22. The first-order valence-corrected chi connectivity index (χ1v) is 7.57. The van der Waals surface area contributed by atoms with Gasteiger partial charge in [0.05, 0.1) is 5.56 Å². The van der Waals surface area contributed by atoms with Gasteiger partial charge in [0.2, 0.25) is 0 Å². The van der Waals surface area contributed by atoms with Gasteiger partial charge in [-0.2, -0.15) is 0 Å². The molecule has 1 aliphatic rings. The van der Waals surface area contributed by atoms with E-state index < -0.39 is 0 Å². The number of likely N-dealkylation sites (tertiary alicyclic amines) is 1. The predicted octanol–water partition coefficient (Wildman–Crippen LogP) is 1.80. The quantitative estimate of drug-likeness (QED) is 0.866. The predicted molar refractivity (Wildman–Crippen MR) is 80.7 cm³/mol. The third-order valence-corrected chi connectivity index (χ3v) is 4.55. The van der Waals surface area contributed by atoms with Gasteiger partial charge in [-0.1, -0.05) is 24.9 Å². The Bertz CT molecular complexity index is 593. The van der Waals surface area contributed by atoms with E-state index in [9.17, 15) is 9.59 Å². The molecule has 2 heterocycles. The number of hydrogen-bond donors (Lipinski definition) is 1. The Morgan fingerprint density at radius 2 is 2.10 bits per heavy atom. The molecule has 0 amide bonds. The Balaban J connectivity index is 2.44. The van der Waals surface area contributed by atoms with Crippen molar-refractivity contribution in [1.82, 2.24) is 14.5 Å². The van der Waals surface area contributed by atoms with Gasteiger partial charge in [-0.25, -0.2) is 4.79 Å². The van der Waals surface area contributed by atoms with Gasteiger partial charge in [0.25, 0.3) is 5.56 Å². The Labute approximate surface area is 123 Å². The van der Waals surface area contributed by atoms with Crippen molar-refractivity contribution in [3.63, 3.8) is 0 Å². The molecule has 0 aromatic carbocycles. The van der Waals surface area contributed by atoms with Crippen molar-refractivity contribution < 1.29 is 0 Å². The topological polar surface area (TPSA) is 58.1 Å². The highest BCUT2D eigenvalue weighted by atomic mass is 35.5. The molecule has 20 heavy (non-hydrogen) atoms. The summed E-state index contributed by atoms with van der Waals surface area (Å²) >= 11 is 6.00. The maximum atomic E-state index is 12.5. The molecule has 5 nitrogen and oxygen atoms in total. The standard InChI is InChI=1S/C14H22ClN3O2/c1-4-5-11-12(15)16-14(20)18(13(11)19)10-6-7-17(3)9(2)8-10/h9-10H,4-8H2,1-3H3,(H,16,20). The van der Waals surface area contributed by atoms with E-state index in [1.165, 1.54) is 4.57 Å². The second kappa shape index (κ2) is 6.14. The second-order valence-corrected chi connectivity index (χ2v) is 6.03. The van der Waals surface area contributed by atoms with Crippen LogP contribution in [0.2, 0.25) is 5.15 Å². The SMILES string of the molecule is CCCc1c(Cl)[nH]c(=O)n(C2CCN(C)C(C)C2)c1=O. The van der Waals surface area contributed by atoms with Crippen LogP contribution in [0.1, 0.15) is 44.7 Å². The van der Waals surface area contributed by atoms with Crippen molar-refractivity contribution in [3.05, 3.63) is 31.6 Å². The molecular formula is C14H22ClN3O2. The summed E-state index contributed by atoms with van der Waals surface area (Å²) in [5.41, 5.74) is -0.0793. The summed E-state index contributed by atoms with van der Waals surface area (Å²) in [5, 5.41) is 0.194. The van der Waals surface area contributed by atoms with Gasteiger partial charge in [-0.15, -0.1) is 0 Å². The molecule has 0 aliphatic carbocycles. The summed E-state index contributed by atoms with van der Waals surface area (Å²) in [6, 6.07) is 0.329. The number of nitrogens with one attached hydrogen (secondary N) is 1. The first-order valence-electron chi connectivity index (χ1n) is 7.19. The van der Waals surface area contributed by atoms with Gasteiger partial charge in [-0.05, 0) is 33.2 Å². The number of halogens is 1. The van der Waals surface area contributed by atoms with Crippen molar-refractivity contribution in [2.45, 2.75) is 51.6 Å². The molecule has 2 unspecified atom stereocenters. The van der Waals surface area contributed by atoms with E-state index in [2.05, 4.69) is 23.9 Å². The molecule has 1 fully saturated rings. The number of H-pyrrole nitrogens is 1. The van der Waals surface area contributed by atoms with E-state index in [0.29, 0.717) is 18.0 Å². The summed E-state index contributed by atoms with van der Waals surface area (Å²) < 4.78 is 1.38. The monoisotopic (exact) mass is 299 g/mol. The first-order chi connectivity index (χ1) is 9.45. The van der Waals surface area contributed by atoms with Crippen LogP contribution in [0, 0.1) is 0 Å². The van der Waals surface area contributed by atoms with Gasteiger partial charge >= 0.3 is 5.69 Å². The molecule has 0 bridgehead atoms. The Kier molecular flexibility index (Phi) is 4.70. The largest absolute Gasteiger partial charge is 0.329 e. The molecule has 6 heteroatoms. The number of aromatic amines is 1. The zero-order valence-corrected chi connectivity index (χ0v) is 13.0. The van der Waals surface area contributed by atoms with Gasteiger partial charge in [0.15, 0.2) is 0 Å². The van der Waals surface area contributed by atoms with E-state index >= 15 is 0 Å². The molecule has 2 rings (SSSR count). The summed E-state index contributed by atoms with van der Waals surface area (Å²) in [7, 11) is 2.07. The third kappa shape index (κ3) is 2.83. The van der Waals surface area contributed by atoms with Crippen molar-refractivity contribution >= 4 is 11.6 Å². The molecule has 1 saturated heterocycles. The van der Waals surface area contributed by atoms with Crippen LogP contribution >= 0.6 is 11.6 Å². The van der Waals surface area contributed by atoms with E-state index in [4.69, 9.17) is 11.6 Å². The highest BCUT2D eigenvalue weighted by molar-refractivity contribution is 6.30. The van der Waals surface area contributed by atoms with E-state index in [0.717, 1.165) is 25.8 Å². The number of nitrogens with zero attached hydrogens (tertiary/aromatic N) is 2. The van der Waals surface area contributed by atoms with Crippen LogP contribution in [0.3, 0.4) is 0 Å². The van der Waals surface area contributed by atoms with Gasteiger partial charge < -0.3 is 4.90 Å². The lowest BCUT2D eigenvalue weighted by Crippen LogP contribution is -2.46. The van der Waals surface area contributed by atoms with Crippen LogP contribution in [0.15, 0.2) is 9.59 Å². The number of rotatable bonds is 3. The molecule has 2 atom stereocenters. The fourth-order valence-electron chi connectivity index (χ4n) is 2.86. The molecule has 1 aromatic rings. The normalized spacial score (nSPS) is 24.0. The van der Waals surface area contributed by atoms with E-state index in [1.54, 1.807) is 0 Å². The molecule has 1 N–H and O–H groups in total. The average Bonchev–Trinajstić information content (AvgIpc) is 2.38. The van der Waals surface area contributed by atoms with Gasteiger partial charge in [0.1, 0.15) is 5.15 Å².